The highest BCUT2D eigenvalue weighted by molar-refractivity contribution is 14.0. The second-order valence-electron chi connectivity index (χ2n) is 5.11. The number of benzene rings is 1. The van der Waals surface area contributed by atoms with Crippen molar-refractivity contribution in [3.63, 3.8) is 0 Å². The number of amides is 1. The number of nitrogens with zero attached hydrogens (tertiary/aromatic N) is 2. The maximum atomic E-state index is 12.2. The summed E-state index contributed by atoms with van der Waals surface area (Å²) >= 11 is 0. The number of hydrogen-bond acceptors (Lipinski definition) is 4. The largest absolute Gasteiger partial charge is 0.493 e. The summed E-state index contributed by atoms with van der Waals surface area (Å²) in [5.41, 5.74) is 6.39. The standard InChI is InChI=1S/C15H21F3N4O3.HI/c1-22(9-15(16,17)18)13(23)8-21-14(19)20-7-10-4-5-11(24-2)12(6-10)25-3;/h4-6H,7-9H2,1-3H3,(H3,19,20,21);1H. The van der Waals surface area contributed by atoms with Gasteiger partial charge in [0.15, 0.2) is 17.5 Å². The fraction of sp³-hybridized carbons (Fsp3) is 0.467. The Balaban J connectivity index is 0.00000625. The number of nitrogens with two attached hydrogens (primary N) is 1. The van der Waals surface area contributed by atoms with Crippen molar-refractivity contribution < 1.29 is 27.4 Å². The molecule has 0 saturated heterocycles. The van der Waals surface area contributed by atoms with E-state index in [-0.39, 0.29) is 43.0 Å². The molecular weight excluding hydrogens is 468 g/mol. The number of alkyl halides is 3. The van der Waals surface area contributed by atoms with Gasteiger partial charge in [0.25, 0.3) is 0 Å². The topological polar surface area (TPSA) is 89.2 Å². The van der Waals surface area contributed by atoms with Crippen molar-refractivity contribution in [3.8, 4) is 11.5 Å². The first-order valence-electron chi connectivity index (χ1n) is 7.21. The van der Waals surface area contributed by atoms with Crippen molar-refractivity contribution in [1.29, 1.82) is 0 Å². The number of carbonyl (C=O) groups is 1. The van der Waals surface area contributed by atoms with Crippen molar-refractivity contribution >= 4 is 35.8 Å². The van der Waals surface area contributed by atoms with E-state index in [1.807, 2.05) is 0 Å². The van der Waals surface area contributed by atoms with Crippen LogP contribution >= 0.6 is 24.0 Å². The number of rotatable bonds is 7. The van der Waals surface area contributed by atoms with Gasteiger partial charge in [-0.25, -0.2) is 4.99 Å². The average molecular weight is 490 g/mol. The van der Waals surface area contributed by atoms with Gasteiger partial charge in [0, 0.05) is 7.05 Å². The zero-order valence-electron chi connectivity index (χ0n) is 14.6. The van der Waals surface area contributed by atoms with Gasteiger partial charge >= 0.3 is 6.18 Å². The predicted octanol–water partition coefficient (Wildman–Crippen LogP) is 1.75. The van der Waals surface area contributed by atoms with Gasteiger partial charge in [0.05, 0.1) is 27.3 Å². The van der Waals surface area contributed by atoms with Crippen LogP contribution in [0.5, 0.6) is 11.5 Å². The average Bonchev–Trinajstić information content (AvgIpc) is 2.55. The van der Waals surface area contributed by atoms with Gasteiger partial charge in [-0.1, -0.05) is 6.07 Å². The molecule has 1 rings (SSSR count). The second-order valence-corrected chi connectivity index (χ2v) is 5.11. The maximum Gasteiger partial charge on any atom is 0.406 e. The van der Waals surface area contributed by atoms with E-state index in [4.69, 9.17) is 15.2 Å². The maximum absolute atomic E-state index is 12.2. The molecular formula is C15H22F3IN4O3. The molecule has 0 aromatic heterocycles. The van der Waals surface area contributed by atoms with Crippen LogP contribution in [-0.4, -0.2) is 57.3 Å². The molecule has 0 unspecified atom stereocenters. The molecule has 0 bridgehead atoms. The Hall–Kier alpha value is -1.92. The molecule has 0 radical (unpaired) electrons. The highest BCUT2D eigenvalue weighted by atomic mass is 127. The van der Waals surface area contributed by atoms with Gasteiger partial charge in [0.1, 0.15) is 6.54 Å². The fourth-order valence-electron chi connectivity index (χ4n) is 1.87. The Morgan fingerprint density at radius 3 is 2.42 bits per heavy atom. The highest BCUT2D eigenvalue weighted by Crippen LogP contribution is 2.27. The zero-order chi connectivity index (χ0) is 19.0. The molecule has 0 aliphatic rings. The van der Waals surface area contributed by atoms with Crippen molar-refractivity contribution in [2.45, 2.75) is 12.7 Å². The molecule has 1 aromatic carbocycles. The molecule has 0 heterocycles. The number of likely N-dealkylation sites (N-methyl/N-ethyl adjacent to an activating group) is 1. The third-order valence-corrected chi connectivity index (χ3v) is 3.14. The third kappa shape index (κ3) is 8.45. The Kier molecular flexibility index (Phi) is 10.1. The van der Waals surface area contributed by atoms with E-state index in [0.717, 1.165) is 12.6 Å². The van der Waals surface area contributed by atoms with Crippen LogP contribution in [0.1, 0.15) is 5.56 Å². The Bertz CT molecular complexity index is 627. The molecule has 0 saturated carbocycles. The number of halogens is 4. The molecule has 1 amide bonds. The molecule has 11 heteroatoms. The summed E-state index contributed by atoms with van der Waals surface area (Å²) in [6.45, 7) is -1.50. The molecule has 3 N–H and O–H groups in total. The first-order chi connectivity index (χ1) is 11.7. The molecule has 0 spiro atoms. The quantitative estimate of drug-likeness (QED) is 0.346. The van der Waals surface area contributed by atoms with E-state index in [9.17, 15) is 18.0 Å². The summed E-state index contributed by atoms with van der Waals surface area (Å²) in [6, 6.07) is 5.20. The molecule has 0 atom stereocenters. The molecule has 0 fully saturated rings. The monoisotopic (exact) mass is 490 g/mol. The second kappa shape index (κ2) is 10.9. The van der Waals surface area contributed by atoms with Crippen molar-refractivity contribution in [3.05, 3.63) is 23.8 Å². The first kappa shape index (κ1) is 24.1. The fourth-order valence-corrected chi connectivity index (χ4v) is 1.87. The number of aliphatic imine (C=N–C) groups is 1. The summed E-state index contributed by atoms with van der Waals surface area (Å²) < 4.78 is 46.9. The number of nitrogens with one attached hydrogen (secondary N) is 1. The lowest BCUT2D eigenvalue weighted by atomic mass is 10.2. The van der Waals surface area contributed by atoms with E-state index in [2.05, 4.69) is 10.3 Å². The normalized spacial score (nSPS) is 11.4. The molecule has 1 aromatic rings. The van der Waals surface area contributed by atoms with Crippen molar-refractivity contribution in [1.82, 2.24) is 10.2 Å². The molecule has 0 aliphatic carbocycles. The summed E-state index contributed by atoms with van der Waals surface area (Å²) in [4.78, 5) is 16.2. The number of ether oxygens (including phenoxy) is 2. The van der Waals surface area contributed by atoms with Gasteiger partial charge in [-0.05, 0) is 17.7 Å². The van der Waals surface area contributed by atoms with E-state index < -0.39 is 18.6 Å². The Morgan fingerprint density at radius 1 is 1.27 bits per heavy atom. The third-order valence-electron chi connectivity index (χ3n) is 3.14. The first-order valence-corrected chi connectivity index (χ1v) is 7.21. The summed E-state index contributed by atoms with van der Waals surface area (Å²) in [5.74, 6) is 0.301. The lowest BCUT2D eigenvalue weighted by Gasteiger charge is -2.19. The molecule has 148 valence electrons. The van der Waals surface area contributed by atoms with Crippen molar-refractivity contribution in [2.24, 2.45) is 10.7 Å². The summed E-state index contributed by atoms with van der Waals surface area (Å²) in [7, 11) is 4.09. The van der Waals surface area contributed by atoms with Crippen LogP contribution in [0.2, 0.25) is 0 Å². The minimum Gasteiger partial charge on any atom is -0.493 e. The summed E-state index contributed by atoms with van der Waals surface area (Å²) in [6.07, 6.45) is -4.45. The Morgan fingerprint density at radius 2 is 1.88 bits per heavy atom. The van der Waals surface area contributed by atoms with Gasteiger partial charge in [-0.3, -0.25) is 4.79 Å². The van der Waals surface area contributed by atoms with Gasteiger partial charge < -0.3 is 25.4 Å². The highest BCUT2D eigenvalue weighted by Gasteiger charge is 2.30. The predicted molar refractivity (Wildman–Crippen MR) is 102 cm³/mol. The van der Waals surface area contributed by atoms with Crippen LogP contribution in [-0.2, 0) is 11.3 Å². The zero-order valence-corrected chi connectivity index (χ0v) is 16.9. The van der Waals surface area contributed by atoms with E-state index >= 15 is 0 Å². The number of guanidine groups is 1. The lowest BCUT2D eigenvalue weighted by Crippen LogP contribution is -2.44. The Labute approximate surface area is 166 Å². The van der Waals surface area contributed by atoms with E-state index in [1.165, 1.54) is 14.2 Å². The SMILES string of the molecule is COc1ccc(CN=C(N)NCC(=O)N(C)CC(F)(F)F)cc1OC.I. The van der Waals surface area contributed by atoms with Crippen LogP contribution in [0.15, 0.2) is 23.2 Å². The minimum atomic E-state index is -4.45. The van der Waals surface area contributed by atoms with Crippen LogP contribution in [0.4, 0.5) is 13.2 Å². The van der Waals surface area contributed by atoms with Gasteiger partial charge in [-0.2, -0.15) is 13.2 Å². The summed E-state index contributed by atoms with van der Waals surface area (Å²) in [5, 5.41) is 2.48. The van der Waals surface area contributed by atoms with Crippen LogP contribution in [0.3, 0.4) is 0 Å². The molecule has 26 heavy (non-hydrogen) atoms. The van der Waals surface area contributed by atoms with E-state index in [0.29, 0.717) is 16.4 Å². The molecule has 0 aliphatic heterocycles. The van der Waals surface area contributed by atoms with Crippen LogP contribution in [0, 0.1) is 0 Å². The number of carbonyl (C=O) groups excluding carboxylic acids is 1. The molecule has 7 nitrogen and oxygen atoms in total. The van der Waals surface area contributed by atoms with Crippen LogP contribution < -0.4 is 20.5 Å². The number of hydrogen-bond donors (Lipinski definition) is 2. The minimum absolute atomic E-state index is 0. The van der Waals surface area contributed by atoms with Crippen LogP contribution in [0.25, 0.3) is 0 Å². The lowest BCUT2D eigenvalue weighted by molar-refractivity contribution is -0.157. The van der Waals surface area contributed by atoms with Gasteiger partial charge in [0.2, 0.25) is 5.91 Å². The van der Waals surface area contributed by atoms with E-state index in [1.54, 1.807) is 18.2 Å². The smallest absolute Gasteiger partial charge is 0.406 e. The number of methoxy groups -OCH3 is 2. The van der Waals surface area contributed by atoms with Gasteiger partial charge in [-0.15, -0.1) is 24.0 Å². The van der Waals surface area contributed by atoms with Crippen molar-refractivity contribution in [2.75, 3.05) is 34.4 Å².